The summed E-state index contributed by atoms with van der Waals surface area (Å²) in [5.41, 5.74) is 1.63. The van der Waals surface area contributed by atoms with Crippen LogP contribution in [0.4, 0.5) is 0 Å². The van der Waals surface area contributed by atoms with Crippen molar-refractivity contribution in [3.63, 3.8) is 0 Å². The Kier molecular flexibility index (Phi) is 4.15. The van der Waals surface area contributed by atoms with E-state index in [4.69, 9.17) is 14.4 Å². The SMILES string of the molecule is O=C(O)Cc1ccc(OCc2nc(-c3ccsc3)no2)cc1. The Hall–Kier alpha value is -2.67. The van der Waals surface area contributed by atoms with E-state index < -0.39 is 5.97 Å². The molecule has 6 nitrogen and oxygen atoms in total. The van der Waals surface area contributed by atoms with Crippen molar-refractivity contribution in [2.24, 2.45) is 0 Å². The van der Waals surface area contributed by atoms with Crippen LogP contribution in [0.3, 0.4) is 0 Å². The highest BCUT2D eigenvalue weighted by molar-refractivity contribution is 7.08. The first kappa shape index (κ1) is 14.3. The smallest absolute Gasteiger partial charge is 0.307 e. The van der Waals surface area contributed by atoms with Gasteiger partial charge in [-0.15, -0.1) is 0 Å². The lowest BCUT2D eigenvalue weighted by molar-refractivity contribution is -0.136. The molecule has 2 heterocycles. The zero-order chi connectivity index (χ0) is 15.4. The third-order valence-electron chi connectivity index (χ3n) is 2.89. The highest BCUT2D eigenvalue weighted by atomic mass is 32.1. The minimum absolute atomic E-state index is 0.00601. The molecule has 2 aromatic heterocycles. The van der Waals surface area contributed by atoms with Gasteiger partial charge in [-0.3, -0.25) is 4.79 Å². The molecule has 7 heteroatoms. The molecule has 1 aromatic carbocycles. The summed E-state index contributed by atoms with van der Waals surface area (Å²) in [4.78, 5) is 14.9. The maximum absolute atomic E-state index is 10.6. The highest BCUT2D eigenvalue weighted by Crippen LogP contribution is 2.19. The summed E-state index contributed by atoms with van der Waals surface area (Å²) in [5, 5.41) is 16.5. The molecule has 112 valence electrons. The van der Waals surface area contributed by atoms with Crippen LogP contribution in [0.2, 0.25) is 0 Å². The van der Waals surface area contributed by atoms with Gasteiger partial charge in [-0.2, -0.15) is 16.3 Å². The maximum Gasteiger partial charge on any atom is 0.307 e. The molecule has 0 amide bonds. The lowest BCUT2D eigenvalue weighted by atomic mass is 10.1. The van der Waals surface area contributed by atoms with Crippen LogP contribution in [0.1, 0.15) is 11.5 Å². The van der Waals surface area contributed by atoms with E-state index in [9.17, 15) is 4.79 Å². The van der Waals surface area contributed by atoms with Gasteiger partial charge >= 0.3 is 5.97 Å². The minimum atomic E-state index is -0.861. The summed E-state index contributed by atoms with van der Waals surface area (Å²) in [6, 6.07) is 8.78. The van der Waals surface area contributed by atoms with Crippen molar-refractivity contribution in [3.05, 3.63) is 52.5 Å². The zero-order valence-electron chi connectivity index (χ0n) is 11.4. The predicted octanol–water partition coefficient (Wildman–Crippen LogP) is 3.00. The van der Waals surface area contributed by atoms with E-state index in [1.165, 1.54) is 0 Å². The summed E-state index contributed by atoms with van der Waals surface area (Å²) < 4.78 is 10.7. The standard InChI is InChI=1S/C15H12N2O4S/c18-14(19)7-10-1-3-12(4-2-10)20-8-13-16-15(17-21-13)11-5-6-22-9-11/h1-6,9H,7-8H2,(H,18,19). The van der Waals surface area contributed by atoms with Crippen molar-refractivity contribution in [1.82, 2.24) is 10.1 Å². The number of rotatable bonds is 6. The molecule has 0 radical (unpaired) electrons. The van der Waals surface area contributed by atoms with Crippen LogP contribution < -0.4 is 4.74 Å². The molecule has 3 rings (SSSR count). The lowest BCUT2D eigenvalue weighted by Crippen LogP contribution is -2.00. The molecule has 0 aliphatic heterocycles. The van der Waals surface area contributed by atoms with E-state index in [0.717, 1.165) is 11.1 Å². The summed E-state index contributed by atoms with van der Waals surface area (Å²) in [6.07, 6.45) is -0.00601. The van der Waals surface area contributed by atoms with Crippen LogP contribution in [0.15, 0.2) is 45.6 Å². The molecular formula is C15H12N2O4S. The average molecular weight is 316 g/mol. The summed E-state index contributed by atoms with van der Waals surface area (Å²) in [5.74, 6) is 0.678. The summed E-state index contributed by atoms with van der Waals surface area (Å²) >= 11 is 1.56. The van der Waals surface area contributed by atoms with Crippen molar-refractivity contribution >= 4 is 17.3 Å². The van der Waals surface area contributed by atoms with Crippen LogP contribution in [-0.2, 0) is 17.8 Å². The monoisotopic (exact) mass is 316 g/mol. The number of thiophene rings is 1. The largest absolute Gasteiger partial charge is 0.484 e. The van der Waals surface area contributed by atoms with Crippen LogP contribution in [-0.4, -0.2) is 21.2 Å². The van der Waals surface area contributed by atoms with E-state index in [-0.39, 0.29) is 13.0 Å². The number of carboxylic acids is 1. The van der Waals surface area contributed by atoms with Crippen molar-refractivity contribution in [2.45, 2.75) is 13.0 Å². The van der Waals surface area contributed by atoms with Crippen LogP contribution >= 0.6 is 11.3 Å². The van der Waals surface area contributed by atoms with E-state index in [0.29, 0.717) is 17.5 Å². The Morgan fingerprint density at radius 1 is 1.27 bits per heavy atom. The van der Waals surface area contributed by atoms with E-state index in [1.807, 2.05) is 16.8 Å². The average Bonchev–Trinajstić information content (AvgIpc) is 3.17. The Bertz CT molecular complexity index is 750. The quantitative estimate of drug-likeness (QED) is 0.752. The lowest BCUT2D eigenvalue weighted by Gasteiger charge is -2.03. The Balaban J connectivity index is 1.59. The fraction of sp³-hybridized carbons (Fsp3) is 0.133. The molecule has 0 bridgehead atoms. The van der Waals surface area contributed by atoms with Crippen molar-refractivity contribution in [2.75, 3.05) is 0 Å². The number of aliphatic carboxylic acids is 1. The molecule has 0 spiro atoms. The third-order valence-corrected chi connectivity index (χ3v) is 3.57. The molecule has 0 fully saturated rings. The maximum atomic E-state index is 10.6. The summed E-state index contributed by atoms with van der Waals surface area (Å²) in [7, 11) is 0. The normalized spacial score (nSPS) is 10.5. The number of hydrogen-bond donors (Lipinski definition) is 1. The Morgan fingerprint density at radius 2 is 2.09 bits per heavy atom. The number of benzene rings is 1. The van der Waals surface area contributed by atoms with Crippen LogP contribution in [0, 0.1) is 0 Å². The first-order chi connectivity index (χ1) is 10.7. The number of aromatic nitrogens is 2. The molecule has 1 N–H and O–H groups in total. The first-order valence-electron chi connectivity index (χ1n) is 6.49. The van der Waals surface area contributed by atoms with Gasteiger partial charge in [0.05, 0.1) is 6.42 Å². The Labute approximate surface area is 130 Å². The molecule has 0 aliphatic carbocycles. The van der Waals surface area contributed by atoms with E-state index in [2.05, 4.69) is 10.1 Å². The molecule has 0 atom stereocenters. The second-order valence-corrected chi connectivity index (χ2v) is 5.31. The number of nitrogens with zero attached hydrogens (tertiary/aromatic N) is 2. The minimum Gasteiger partial charge on any atom is -0.484 e. The van der Waals surface area contributed by atoms with Gasteiger partial charge in [-0.05, 0) is 29.1 Å². The molecule has 0 aliphatic rings. The van der Waals surface area contributed by atoms with Gasteiger partial charge in [0.2, 0.25) is 5.82 Å². The van der Waals surface area contributed by atoms with Crippen molar-refractivity contribution < 1.29 is 19.2 Å². The molecule has 3 aromatic rings. The van der Waals surface area contributed by atoms with Gasteiger partial charge in [-0.25, -0.2) is 0 Å². The van der Waals surface area contributed by atoms with Gasteiger partial charge in [0.15, 0.2) is 6.61 Å². The number of carbonyl (C=O) groups is 1. The second kappa shape index (κ2) is 6.40. The Morgan fingerprint density at radius 3 is 2.77 bits per heavy atom. The number of ether oxygens (including phenoxy) is 1. The molecule has 0 saturated heterocycles. The van der Waals surface area contributed by atoms with Crippen LogP contribution in [0.25, 0.3) is 11.4 Å². The molecule has 0 saturated carbocycles. The number of hydrogen-bond acceptors (Lipinski definition) is 6. The fourth-order valence-electron chi connectivity index (χ4n) is 1.85. The van der Waals surface area contributed by atoms with Gasteiger partial charge in [0.1, 0.15) is 5.75 Å². The molecule has 22 heavy (non-hydrogen) atoms. The fourth-order valence-corrected chi connectivity index (χ4v) is 2.48. The van der Waals surface area contributed by atoms with E-state index >= 15 is 0 Å². The second-order valence-electron chi connectivity index (χ2n) is 4.53. The van der Waals surface area contributed by atoms with E-state index in [1.54, 1.807) is 35.6 Å². The molecule has 0 unspecified atom stereocenters. The van der Waals surface area contributed by atoms with Crippen molar-refractivity contribution in [3.8, 4) is 17.1 Å². The zero-order valence-corrected chi connectivity index (χ0v) is 12.2. The third kappa shape index (κ3) is 3.50. The highest BCUT2D eigenvalue weighted by Gasteiger charge is 2.09. The predicted molar refractivity (Wildman–Crippen MR) is 79.7 cm³/mol. The first-order valence-corrected chi connectivity index (χ1v) is 7.43. The van der Waals surface area contributed by atoms with Gasteiger partial charge in [0.25, 0.3) is 5.89 Å². The van der Waals surface area contributed by atoms with Crippen LogP contribution in [0.5, 0.6) is 5.75 Å². The van der Waals surface area contributed by atoms with Gasteiger partial charge in [0, 0.05) is 10.9 Å². The summed E-state index contributed by atoms with van der Waals surface area (Å²) in [6.45, 7) is 0.162. The van der Waals surface area contributed by atoms with Crippen molar-refractivity contribution in [1.29, 1.82) is 0 Å². The number of carboxylic acid groups (broad SMARTS) is 1. The van der Waals surface area contributed by atoms with Gasteiger partial charge in [-0.1, -0.05) is 17.3 Å². The molecular weight excluding hydrogens is 304 g/mol. The van der Waals surface area contributed by atoms with Gasteiger partial charge < -0.3 is 14.4 Å². The topological polar surface area (TPSA) is 85.5 Å².